The van der Waals surface area contributed by atoms with Gasteiger partial charge in [-0.25, -0.2) is 13.6 Å². The fourth-order valence-electron chi connectivity index (χ4n) is 2.64. The highest BCUT2D eigenvalue weighted by Gasteiger charge is 2.29. The summed E-state index contributed by atoms with van der Waals surface area (Å²) in [5, 5.41) is 21.2. The topological polar surface area (TPSA) is 99.1 Å². The lowest BCUT2D eigenvalue weighted by atomic mass is 10.1. The molecule has 0 aromatic heterocycles. The summed E-state index contributed by atoms with van der Waals surface area (Å²) in [4.78, 5) is 21.7. The van der Waals surface area contributed by atoms with Gasteiger partial charge in [-0.2, -0.15) is 13.2 Å². The van der Waals surface area contributed by atoms with Crippen LogP contribution in [0.1, 0.15) is 53.9 Å². The molecule has 0 spiro atoms. The lowest BCUT2D eigenvalue weighted by Crippen LogP contribution is -2.39. The maximum absolute atomic E-state index is 13.3. The molecule has 4 atom stereocenters. The third kappa shape index (κ3) is 18.1. The van der Waals surface area contributed by atoms with Crippen LogP contribution < -0.4 is 5.32 Å². The van der Waals surface area contributed by atoms with Crippen molar-refractivity contribution in [2.75, 3.05) is 26.2 Å². The molecule has 0 aromatic rings. The monoisotopic (exact) mass is 480 g/mol. The van der Waals surface area contributed by atoms with E-state index >= 15 is 0 Å². The number of halogens is 5. The van der Waals surface area contributed by atoms with Crippen LogP contribution in [0, 0.1) is 0 Å². The Balaban J connectivity index is 0. The molecule has 7 nitrogen and oxygen atoms in total. The highest BCUT2D eigenvalue weighted by atomic mass is 19.4. The molecule has 3 N–H and O–H groups in total. The molecule has 2 aliphatic rings. The second-order valence-corrected chi connectivity index (χ2v) is 8.34. The van der Waals surface area contributed by atoms with Crippen molar-refractivity contribution in [2.45, 2.75) is 90.2 Å². The molecule has 4 unspecified atom stereocenters. The summed E-state index contributed by atoms with van der Waals surface area (Å²) < 4.78 is 62.2. The molecule has 2 fully saturated rings. The van der Waals surface area contributed by atoms with Crippen molar-refractivity contribution in [1.29, 1.82) is 0 Å². The lowest BCUT2D eigenvalue weighted by molar-refractivity contribution is -0.156. The number of likely N-dealkylation sites (tertiary alicyclic amines) is 1. The highest BCUT2D eigenvalue weighted by molar-refractivity contribution is 5.68. The predicted molar refractivity (Wildman–Crippen MR) is 110 cm³/mol. The number of carbonyl (C=O) groups excluding carboxylic acids is 2. The third-order valence-electron chi connectivity index (χ3n) is 4.01. The van der Waals surface area contributed by atoms with Gasteiger partial charge < -0.3 is 25.2 Å². The number of carbonyl (C=O) groups is 2. The van der Waals surface area contributed by atoms with Gasteiger partial charge in [-0.05, 0) is 40.2 Å². The van der Waals surface area contributed by atoms with Gasteiger partial charge in [0.2, 0.25) is 6.29 Å². The first-order valence-corrected chi connectivity index (χ1v) is 9.99. The van der Waals surface area contributed by atoms with E-state index in [9.17, 15) is 31.9 Å². The number of rotatable bonds is 0. The number of ether oxygens (including phenoxy) is 1. The van der Waals surface area contributed by atoms with Gasteiger partial charge >= 0.3 is 12.3 Å². The number of nitrogens with one attached hydrogen (secondary N) is 1. The highest BCUT2D eigenvalue weighted by Crippen LogP contribution is 2.17. The molecule has 0 saturated carbocycles. The summed E-state index contributed by atoms with van der Waals surface area (Å²) in [6.07, 6.45) is -7.87. The maximum Gasteiger partial charge on any atom is 0.446 e. The van der Waals surface area contributed by atoms with Crippen molar-refractivity contribution in [2.24, 2.45) is 0 Å². The Labute approximate surface area is 186 Å². The lowest BCUT2D eigenvalue weighted by Gasteiger charge is -2.26. The van der Waals surface area contributed by atoms with Gasteiger partial charge in [0.25, 0.3) is 0 Å². The average Bonchev–Trinajstić information content (AvgIpc) is 2.90. The van der Waals surface area contributed by atoms with Crippen LogP contribution in [0.25, 0.3) is 0 Å². The normalized spacial score (nSPS) is 26.5. The smallest absolute Gasteiger partial charge is 0.444 e. The Bertz CT molecular complexity index is 521. The molecule has 2 rings (SSSR count). The van der Waals surface area contributed by atoms with Gasteiger partial charge in [0.05, 0.1) is 18.8 Å². The number of hydrogen-bond acceptors (Lipinski definition) is 6. The molecule has 2 saturated heterocycles. The molecule has 0 aromatic carbocycles. The van der Waals surface area contributed by atoms with Gasteiger partial charge in [-0.1, -0.05) is 7.43 Å². The zero-order valence-corrected chi connectivity index (χ0v) is 18.0. The molecular formula is C20H37F5N2O5. The maximum atomic E-state index is 13.3. The molecule has 32 heavy (non-hydrogen) atoms. The van der Waals surface area contributed by atoms with Gasteiger partial charge in [0.15, 0.2) is 0 Å². The van der Waals surface area contributed by atoms with Crippen LogP contribution in [0.15, 0.2) is 0 Å². The third-order valence-corrected chi connectivity index (χ3v) is 4.01. The zero-order valence-electron chi connectivity index (χ0n) is 18.0. The molecule has 0 bridgehead atoms. The van der Waals surface area contributed by atoms with Crippen molar-refractivity contribution in [3.8, 4) is 0 Å². The van der Waals surface area contributed by atoms with Crippen molar-refractivity contribution in [3.63, 3.8) is 0 Å². The van der Waals surface area contributed by atoms with E-state index in [4.69, 9.17) is 14.6 Å². The van der Waals surface area contributed by atoms with Gasteiger partial charge in [-0.15, -0.1) is 0 Å². The van der Waals surface area contributed by atoms with Crippen LogP contribution >= 0.6 is 0 Å². The van der Waals surface area contributed by atoms with Crippen LogP contribution in [0.3, 0.4) is 0 Å². The Morgan fingerprint density at radius 3 is 2.06 bits per heavy atom. The standard InChI is InChI=1S/C11H20FNO3.C6H12FNO.C2HF3O.CH4/c1-11(2,3)16-10(15)13-5-4-9(14)6-8(12)7-13;7-5-3-6(9)1-2-8-4-5;3-2(4,5)1-6;/h8-9,14H,4-7H2,1-3H3;5-6,8-9H,1-4H2;1H;1H4. The predicted octanol–water partition coefficient (Wildman–Crippen LogP) is 3.17. The number of alkyl halides is 5. The largest absolute Gasteiger partial charge is 0.446 e. The van der Waals surface area contributed by atoms with E-state index in [1.165, 1.54) is 4.90 Å². The molecule has 2 aliphatic heterocycles. The van der Waals surface area contributed by atoms with Crippen molar-refractivity contribution in [1.82, 2.24) is 10.2 Å². The van der Waals surface area contributed by atoms with Crippen molar-refractivity contribution < 1.29 is 46.5 Å². The quantitative estimate of drug-likeness (QED) is 0.364. The van der Waals surface area contributed by atoms with Crippen LogP contribution in [0.4, 0.5) is 26.7 Å². The number of aldehydes is 1. The van der Waals surface area contributed by atoms with E-state index in [1.807, 2.05) is 0 Å². The summed E-state index contributed by atoms with van der Waals surface area (Å²) in [5.41, 5.74) is -0.576. The second kappa shape index (κ2) is 15.3. The molecule has 1 amide bonds. The molecular weight excluding hydrogens is 443 g/mol. The Morgan fingerprint density at radius 2 is 1.56 bits per heavy atom. The van der Waals surface area contributed by atoms with Crippen LogP contribution in [0.2, 0.25) is 0 Å². The van der Waals surface area contributed by atoms with Gasteiger partial charge in [-0.3, -0.25) is 4.79 Å². The Morgan fingerprint density at radius 1 is 1.06 bits per heavy atom. The summed E-state index contributed by atoms with van der Waals surface area (Å²) in [6, 6.07) is 0. The fraction of sp³-hybridized carbons (Fsp3) is 0.900. The van der Waals surface area contributed by atoms with E-state index in [0.717, 1.165) is 6.54 Å². The minimum Gasteiger partial charge on any atom is -0.444 e. The summed E-state index contributed by atoms with van der Waals surface area (Å²) in [7, 11) is 0. The van der Waals surface area contributed by atoms with E-state index in [2.05, 4.69) is 5.32 Å². The van der Waals surface area contributed by atoms with Crippen LogP contribution in [-0.2, 0) is 9.53 Å². The summed E-state index contributed by atoms with van der Waals surface area (Å²) in [5.74, 6) is 0. The first kappa shape index (κ1) is 32.6. The molecule has 0 radical (unpaired) electrons. The molecule has 0 aliphatic carbocycles. The number of aliphatic hydroxyl groups is 2. The van der Waals surface area contributed by atoms with E-state index in [1.54, 1.807) is 20.8 Å². The van der Waals surface area contributed by atoms with Crippen LogP contribution in [-0.4, -0.2) is 90.0 Å². The van der Waals surface area contributed by atoms with E-state index in [-0.39, 0.29) is 20.4 Å². The number of aliphatic hydroxyl groups excluding tert-OH is 2. The minimum absolute atomic E-state index is 0. The summed E-state index contributed by atoms with van der Waals surface area (Å²) >= 11 is 0. The Hall–Kier alpha value is -1.53. The molecule has 2 heterocycles. The summed E-state index contributed by atoms with van der Waals surface area (Å²) in [6.45, 7) is 6.79. The minimum atomic E-state index is -4.64. The molecule has 192 valence electrons. The molecule has 12 heteroatoms. The van der Waals surface area contributed by atoms with Crippen LogP contribution in [0.5, 0.6) is 0 Å². The second-order valence-electron chi connectivity index (χ2n) is 8.34. The number of amides is 1. The first-order valence-electron chi connectivity index (χ1n) is 9.99. The van der Waals surface area contributed by atoms with E-state index < -0.39 is 48.7 Å². The van der Waals surface area contributed by atoms with Crippen molar-refractivity contribution in [3.05, 3.63) is 0 Å². The fourth-order valence-corrected chi connectivity index (χ4v) is 2.64. The average molecular weight is 481 g/mol. The SMILES string of the molecule is C.CC(C)(C)OC(=O)N1CCC(O)CC(F)C1.O=CC(F)(F)F.OC1CCNCC(F)C1. The number of nitrogens with zero attached hydrogens (tertiary/aromatic N) is 1. The number of hydrogen-bond donors (Lipinski definition) is 3. The first-order chi connectivity index (χ1) is 14.1. The van der Waals surface area contributed by atoms with E-state index in [0.29, 0.717) is 32.4 Å². The van der Waals surface area contributed by atoms with Crippen molar-refractivity contribution >= 4 is 12.4 Å². The van der Waals surface area contributed by atoms with Gasteiger partial charge in [0, 0.05) is 25.9 Å². The Kier molecular flexibility index (Phi) is 15.6. The zero-order chi connectivity index (χ0) is 24.2. The van der Waals surface area contributed by atoms with Gasteiger partial charge in [0.1, 0.15) is 17.9 Å².